The van der Waals surface area contributed by atoms with Gasteiger partial charge in [0.25, 0.3) is 0 Å². The van der Waals surface area contributed by atoms with Gasteiger partial charge in [0.1, 0.15) is 0 Å². The minimum Gasteiger partial charge on any atom is -0.0993 e. The predicted molar refractivity (Wildman–Crippen MR) is 82.8 cm³/mol. The molecule has 0 aromatic carbocycles. The van der Waals surface area contributed by atoms with Crippen LogP contribution in [0.15, 0.2) is 23.3 Å². The molecule has 104 valence electrons. The van der Waals surface area contributed by atoms with Gasteiger partial charge < -0.3 is 0 Å². The maximum Gasteiger partial charge on any atom is -0.00844 e. The lowest BCUT2D eigenvalue weighted by molar-refractivity contribution is 0.292. The summed E-state index contributed by atoms with van der Waals surface area (Å²) in [5.41, 5.74) is 5.47. The molecule has 1 rings (SSSR count). The van der Waals surface area contributed by atoms with Gasteiger partial charge >= 0.3 is 0 Å². The Labute approximate surface area is 115 Å². The molecule has 0 amide bonds. The molecule has 0 aliphatic heterocycles. The van der Waals surface area contributed by atoms with E-state index < -0.39 is 0 Å². The van der Waals surface area contributed by atoms with Crippen LogP contribution in [0.1, 0.15) is 80.1 Å². The molecule has 0 heterocycles. The molecule has 1 aliphatic carbocycles. The number of allylic oxidation sites excluding steroid dienone is 3. The molecule has 0 aromatic rings. The summed E-state index contributed by atoms with van der Waals surface area (Å²) in [6, 6.07) is 0. The minimum atomic E-state index is 0.292. The number of hydrogen-bond acceptors (Lipinski definition) is 0. The van der Waals surface area contributed by atoms with Gasteiger partial charge in [-0.15, -0.1) is 0 Å². The maximum atomic E-state index is 4.33. The van der Waals surface area contributed by atoms with E-state index in [1.165, 1.54) is 37.7 Å². The van der Waals surface area contributed by atoms with Crippen LogP contribution in [0.2, 0.25) is 0 Å². The minimum absolute atomic E-state index is 0.292. The predicted octanol–water partition coefficient (Wildman–Crippen LogP) is 6.29. The zero-order valence-electron chi connectivity index (χ0n) is 13.4. The van der Waals surface area contributed by atoms with Crippen LogP contribution >= 0.6 is 0 Å². The zero-order chi connectivity index (χ0) is 14.0. The molecule has 0 saturated carbocycles. The Hall–Kier alpha value is -0.520. The van der Waals surface area contributed by atoms with E-state index in [2.05, 4.69) is 48.1 Å². The van der Waals surface area contributed by atoms with E-state index in [0.717, 1.165) is 6.42 Å². The summed E-state index contributed by atoms with van der Waals surface area (Å²) in [7, 11) is 0. The Bertz CT molecular complexity index is 343. The molecule has 0 N–H and O–H groups in total. The van der Waals surface area contributed by atoms with Gasteiger partial charge in [0.2, 0.25) is 0 Å². The number of rotatable bonds is 5. The first-order chi connectivity index (χ1) is 8.27. The van der Waals surface area contributed by atoms with Gasteiger partial charge in [-0.1, -0.05) is 57.9 Å². The maximum absolute atomic E-state index is 4.33. The molecule has 1 aliphatic rings. The SMILES string of the molecule is C=C(CC)C(C)(CC)CC1=C(C)CCCC1(C)C. The molecule has 1 unspecified atom stereocenters. The fourth-order valence-corrected chi connectivity index (χ4v) is 3.38. The quantitative estimate of drug-likeness (QED) is 0.502. The Morgan fingerprint density at radius 1 is 1.33 bits per heavy atom. The highest BCUT2D eigenvalue weighted by atomic mass is 14.4. The van der Waals surface area contributed by atoms with Gasteiger partial charge in [-0.3, -0.25) is 0 Å². The summed E-state index contributed by atoms with van der Waals surface area (Å²) in [5.74, 6) is 0. The van der Waals surface area contributed by atoms with Crippen LogP contribution < -0.4 is 0 Å². The van der Waals surface area contributed by atoms with E-state index in [-0.39, 0.29) is 0 Å². The molecule has 0 heteroatoms. The average molecular weight is 248 g/mol. The first-order valence-corrected chi connectivity index (χ1v) is 7.64. The standard InChI is InChI=1S/C18H32/c1-8-15(4)18(7,9-2)13-16-14(3)11-10-12-17(16,5)6/h4,8-13H2,1-3,5-7H3. The Morgan fingerprint density at radius 3 is 2.39 bits per heavy atom. The van der Waals surface area contributed by atoms with Gasteiger partial charge in [0.15, 0.2) is 0 Å². The van der Waals surface area contributed by atoms with Crippen molar-refractivity contribution < 1.29 is 0 Å². The van der Waals surface area contributed by atoms with Crippen LogP contribution in [-0.4, -0.2) is 0 Å². The van der Waals surface area contributed by atoms with Crippen LogP contribution in [0.3, 0.4) is 0 Å². The number of hydrogen-bond donors (Lipinski definition) is 0. The van der Waals surface area contributed by atoms with Crippen molar-refractivity contribution in [1.82, 2.24) is 0 Å². The van der Waals surface area contributed by atoms with E-state index >= 15 is 0 Å². The zero-order valence-corrected chi connectivity index (χ0v) is 13.4. The van der Waals surface area contributed by atoms with Crippen molar-refractivity contribution in [3.63, 3.8) is 0 Å². The Kier molecular flexibility index (Phi) is 4.86. The van der Waals surface area contributed by atoms with Crippen molar-refractivity contribution in [2.45, 2.75) is 80.1 Å². The molecule has 1 atom stereocenters. The van der Waals surface area contributed by atoms with Crippen LogP contribution in [0.25, 0.3) is 0 Å². The van der Waals surface area contributed by atoms with Gasteiger partial charge in [0, 0.05) is 0 Å². The molecule has 0 saturated heterocycles. The summed E-state index contributed by atoms with van der Waals surface area (Å²) < 4.78 is 0. The van der Waals surface area contributed by atoms with Crippen molar-refractivity contribution >= 4 is 0 Å². The summed E-state index contributed by atoms with van der Waals surface area (Å²) in [5, 5.41) is 0. The summed E-state index contributed by atoms with van der Waals surface area (Å²) in [6.45, 7) is 18.5. The molecule has 0 aromatic heterocycles. The summed E-state index contributed by atoms with van der Waals surface area (Å²) in [6.07, 6.45) is 7.54. The highest BCUT2D eigenvalue weighted by molar-refractivity contribution is 5.26. The topological polar surface area (TPSA) is 0 Å². The van der Waals surface area contributed by atoms with E-state index in [1.807, 2.05) is 0 Å². The monoisotopic (exact) mass is 248 g/mol. The lowest BCUT2D eigenvalue weighted by atomic mass is 9.64. The van der Waals surface area contributed by atoms with E-state index in [4.69, 9.17) is 0 Å². The van der Waals surface area contributed by atoms with E-state index in [1.54, 1.807) is 11.1 Å². The van der Waals surface area contributed by atoms with Gasteiger partial charge in [-0.2, -0.15) is 0 Å². The molecule has 0 fully saturated rings. The fourth-order valence-electron chi connectivity index (χ4n) is 3.38. The third-order valence-electron chi connectivity index (χ3n) is 5.31. The van der Waals surface area contributed by atoms with Crippen molar-refractivity contribution in [3.05, 3.63) is 23.3 Å². The molecule has 0 spiro atoms. The second-order valence-corrected chi connectivity index (χ2v) is 7.04. The first-order valence-electron chi connectivity index (χ1n) is 7.64. The molecular weight excluding hydrogens is 216 g/mol. The third kappa shape index (κ3) is 3.08. The van der Waals surface area contributed by atoms with E-state index in [9.17, 15) is 0 Å². The van der Waals surface area contributed by atoms with Gasteiger partial charge in [-0.25, -0.2) is 0 Å². The average Bonchev–Trinajstić information content (AvgIpc) is 2.32. The van der Waals surface area contributed by atoms with Crippen LogP contribution in [0.4, 0.5) is 0 Å². The molecule has 0 bridgehead atoms. The first kappa shape index (κ1) is 15.5. The second kappa shape index (κ2) is 5.63. The summed E-state index contributed by atoms with van der Waals surface area (Å²) in [4.78, 5) is 0. The highest BCUT2D eigenvalue weighted by Crippen LogP contribution is 2.48. The Balaban J connectivity index is 3.03. The second-order valence-electron chi connectivity index (χ2n) is 7.04. The van der Waals surface area contributed by atoms with Crippen molar-refractivity contribution in [3.8, 4) is 0 Å². The van der Waals surface area contributed by atoms with E-state index in [0.29, 0.717) is 10.8 Å². The van der Waals surface area contributed by atoms with Crippen LogP contribution in [0, 0.1) is 10.8 Å². The lowest BCUT2D eigenvalue weighted by Crippen LogP contribution is -2.27. The molecule has 0 nitrogen and oxygen atoms in total. The van der Waals surface area contributed by atoms with Crippen molar-refractivity contribution in [2.24, 2.45) is 10.8 Å². The van der Waals surface area contributed by atoms with Crippen LogP contribution in [-0.2, 0) is 0 Å². The molecular formula is C18H32. The fraction of sp³-hybridized carbons (Fsp3) is 0.778. The van der Waals surface area contributed by atoms with Crippen molar-refractivity contribution in [2.75, 3.05) is 0 Å². The highest BCUT2D eigenvalue weighted by Gasteiger charge is 2.34. The third-order valence-corrected chi connectivity index (χ3v) is 5.31. The van der Waals surface area contributed by atoms with Gasteiger partial charge in [0.05, 0.1) is 0 Å². The smallest absolute Gasteiger partial charge is 0.00844 e. The van der Waals surface area contributed by atoms with Crippen LogP contribution in [0.5, 0.6) is 0 Å². The normalized spacial score (nSPS) is 22.8. The lowest BCUT2D eigenvalue weighted by Gasteiger charge is -2.41. The largest absolute Gasteiger partial charge is 0.0993 e. The molecule has 0 radical (unpaired) electrons. The molecule has 18 heavy (non-hydrogen) atoms. The van der Waals surface area contributed by atoms with Gasteiger partial charge in [-0.05, 0) is 56.3 Å². The Morgan fingerprint density at radius 2 is 1.94 bits per heavy atom. The summed E-state index contributed by atoms with van der Waals surface area (Å²) >= 11 is 0. The van der Waals surface area contributed by atoms with Crippen molar-refractivity contribution in [1.29, 1.82) is 0 Å².